The highest BCUT2D eigenvalue weighted by Crippen LogP contribution is 2.26. The molecule has 1 saturated heterocycles. The van der Waals surface area contributed by atoms with E-state index in [2.05, 4.69) is 24.3 Å². The minimum atomic E-state index is 0.110. The third-order valence-corrected chi connectivity index (χ3v) is 5.04. The Balaban J connectivity index is 1.75. The molecule has 5 nitrogen and oxygen atoms in total. The maximum atomic E-state index is 12.8. The smallest absolute Gasteiger partial charge is 0.254 e. The van der Waals surface area contributed by atoms with E-state index in [1.54, 1.807) is 10.9 Å². The van der Waals surface area contributed by atoms with Crippen molar-refractivity contribution in [2.75, 3.05) is 18.4 Å². The van der Waals surface area contributed by atoms with Crippen molar-refractivity contribution in [1.82, 2.24) is 14.7 Å². The lowest BCUT2D eigenvalue weighted by Crippen LogP contribution is -2.44. The fourth-order valence-electron chi connectivity index (χ4n) is 2.91. The van der Waals surface area contributed by atoms with Crippen molar-refractivity contribution in [3.8, 4) is 0 Å². The van der Waals surface area contributed by atoms with Crippen LogP contribution in [0.2, 0.25) is 0 Å². The van der Waals surface area contributed by atoms with E-state index in [-0.39, 0.29) is 5.91 Å². The topological polar surface area (TPSA) is 50.2 Å². The van der Waals surface area contributed by atoms with E-state index in [4.69, 9.17) is 0 Å². The highest BCUT2D eigenvalue weighted by molar-refractivity contribution is 8.00. The number of anilines is 2. The summed E-state index contributed by atoms with van der Waals surface area (Å²) < 4.78 is 1.74. The quantitative estimate of drug-likeness (QED) is 0.939. The number of amides is 1. The number of carbonyl (C=O) groups excluding carboxylic acids is 1. The van der Waals surface area contributed by atoms with Crippen LogP contribution >= 0.6 is 11.8 Å². The standard InChI is InChI=1S/C17H22N4OS/c1-12-9-21(10-13(2)23-12)17(22)14-5-4-6-15(7-14)19-16-8-18-20(3)11-16/h4-8,11-13,19H,9-10H2,1-3H3/t12-,13+. The van der Waals surface area contributed by atoms with E-state index in [0.717, 1.165) is 30.0 Å². The maximum Gasteiger partial charge on any atom is 0.254 e. The third kappa shape index (κ3) is 3.88. The average Bonchev–Trinajstić information content (AvgIpc) is 2.91. The van der Waals surface area contributed by atoms with Crippen molar-refractivity contribution in [2.45, 2.75) is 24.3 Å². The molecule has 0 unspecified atom stereocenters. The van der Waals surface area contributed by atoms with Gasteiger partial charge in [-0.25, -0.2) is 0 Å². The molecule has 3 rings (SSSR count). The Morgan fingerprint density at radius 1 is 1.26 bits per heavy atom. The van der Waals surface area contributed by atoms with Gasteiger partial charge in [-0.1, -0.05) is 19.9 Å². The van der Waals surface area contributed by atoms with Crippen LogP contribution in [0.4, 0.5) is 11.4 Å². The summed E-state index contributed by atoms with van der Waals surface area (Å²) in [5.74, 6) is 0.110. The summed E-state index contributed by atoms with van der Waals surface area (Å²) >= 11 is 1.95. The van der Waals surface area contributed by atoms with Gasteiger partial charge in [0.05, 0.1) is 11.9 Å². The molecule has 23 heavy (non-hydrogen) atoms. The Kier molecular flexibility index (Phi) is 4.61. The maximum absolute atomic E-state index is 12.8. The summed E-state index contributed by atoms with van der Waals surface area (Å²) in [6, 6.07) is 7.67. The normalized spacial score (nSPS) is 21.3. The first-order valence-electron chi connectivity index (χ1n) is 7.82. The van der Waals surface area contributed by atoms with Crippen molar-refractivity contribution in [3.05, 3.63) is 42.2 Å². The molecule has 6 heteroatoms. The number of benzene rings is 1. The number of aromatic nitrogens is 2. The highest BCUT2D eigenvalue weighted by atomic mass is 32.2. The summed E-state index contributed by atoms with van der Waals surface area (Å²) in [6.45, 7) is 5.99. The molecule has 0 spiro atoms. The number of thioether (sulfide) groups is 1. The molecule has 0 bridgehead atoms. The minimum Gasteiger partial charge on any atom is -0.353 e. The Bertz CT molecular complexity index is 689. The van der Waals surface area contributed by atoms with Gasteiger partial charge in [0.25, 0.3) is 5.91 Å². The number of hydrogen-bond donors (Lipinski definition) is 1. The van der Waals surface area contributed by atoms with Crippen LogP contribution < -0.4 is 5.32 Å². The largest absolute Gasteiger partial charge is 0.353 e. The summed E-state index contributed by atoms with van der Waals surface area (Å²) in [5.41, 5.74) is 2.54. The molecule has 1 amide bonds. The predicted octanol–water partition coefficient (Wildman–Crippen LogP) is 3.13. The SMILES string of the molecule is C[C@@H]1CN(C(=O)c2cccc(Nc3cnn(C)c3)c2)C[C@H](C)S1. The predicted molar refractivity (Wildman–Crippen MR) is 95.4 cm³/mol. The van der Waals surface area contributed by atoms with Gasteiger partial charge >= 0.3 is 0 Å². The minimum absolute atomic E-state index is 0.110. The zero-order chi connectivity index (χ0) is 16.4. The van der Waals surface area contributed by atoms with Crippen LogP contribution in [0.15, 0.2) is 36.7 Å². The summed E-state index contributed by atoms with van der Waals surface area (Å²) in [6.07, 6.45) is 3.67. The van der Waals surface area contributed by atoms with Crippen molar-refractivity contribution in [2.24, 2.45) is 7.05 Å². The zero-order valence-electron chi connectivity index (χ0n) is 13.7. The van der Waals surface area contributed by atoms with Gasteiger partial charge < -0.3 is 10.2 Å². The molecule has 122 valence electrons. The second-order valence-corrected chi connectivity index (χ2v) is 7.96. The molecule has 0 aliphatic carbocycles. The molecule has 2 atom stereocenters. The van der Waals surface area contributed by atoms with Gasteiger partial charge in [-0.2, -0.15) is 16.9 Å². The van der Waals surface area contributed by atoms with Gasteiger partial charge in [0.15, 0.2) is 0 Å². The Hall–Kier alpha value is -1.95. The Morgan fingerprint density at radius 3 is 2.65 bits per heavy atom. The van der Waals surface area contributed by atoms with Crippen LogP contribution in [-0.2, 0) is 7.05 Å². The molecule has 1 aliphatic rings. The lowest BCUT2D eigenvalue weighted by Gasteiger charge is -2.34. The monoisotopic (exact) mass is 330 g/mol. The van der Waals surface area contributed by atoms with E-state index in [0.29, 0.717) is 10.5 Å². The lowest BCUT2D eigenvalue weighted by atomic mass is 10.1. The molecular weight excluding hydrogens is 308 g/mol. The molecule has 2 aromatic rings. The van der Waals surface area contributed by atoms with E-state index >= 15 is 0 Å². The van der Waals surface area contributed by atoms with Crippen LogP contribution in [-0.4, -0.2) is 44.2 Å². The average molecular weight is 330 g/mol. The van der Waals surface area contributed by atoms with Crippen molar-refractivity contribution in [3.63, 3.8) is 0 Å². The Labute approximate surface area is 141 Å². The molecule has 1 aromatic heterocycles. The van der Waals surface area contributed by atoms with Gasteiger partial charge in [-0.15, -0.1) is 0 Å². The van der Waals surface area contributed by atoms with Crippen molar-refractivity contribution < 1.29 is 4.79 Å². The van der Waals surface area contributed by atoms with E-state index in [1.807, 2.05) is 54.2 Å². The number of nitrogens with zero attached hydrogens (tertiary/aromatic N) is 3. The Morgan fingerprint density at radius 2 is 2.00 bits per heavy atom. The van der Waals surface area contributed by atoms with Crippen molar-refractivity contribution >= 4 is 29.0 Å². The van der Waals surface area contributed by atoms with E-state index < -0.39 is 0 Å². The number of carbonyl (C=O) groups is 1. The molecule has 1 aromatic carbocycles. The highest BCUT2D eigenvalue weighted by Gasteiger charge is 2.26. The second kappa shape index (κ2) is 6.66. The van der Waals surface area contributed by atoms with Crippen LogP contribution in [0, 0.1) is 0 Å². The number of aryl methyl sites for hydroxylation is 1. The van der Waals surface area contributed by atoms with Crippen LogP contribution in [0.5, 0.6) is 0 Å². The van der Waals surface area contributed by atoms with E-state index in [9.17, 15) is 4.79 Å². The zero-order valence-corrected chi connectivity index (χ0v) is 14.5. The van der Waals surface area contributed by atoms with Gasteiger partial charge in [0.2, 0.25) is 0 Å². The number of nitrogens with one attached hydrogen (secondary N) is 1. The third-order valence-electron chi connectivity index (χ3n) is 3.81. The number of rotatable bonds is 3. The molecular formula is C17H22N4OS. The van der Waals surface area contributed by atoms with Gasteiger partial charge in [-0.3, -0.25) is 9.48 Å². The van der Waals surface area contributed by atoms with Crippen LogP contribution in [0.3, 0.4) is 0 Å². The first-order valence-corrected chi connectivity index (χ1v) is 8.76. The van der Waals surface area contributed by atoms with Gasteiger partial charge in [-0.05, 0) is 18.2 Å². The van der Waals surface area contributed by atoms with Gasteiger partial charge in [0.1, 0.15) is 0 Å². The molecule has 1 fully saturated rings. The molecule has 0 saturated carbocycles. The van der Waals surface area contributed by atoms with Gasteiger partial charge in [0, 0.05) is 48.1 Å². The lowest BCUT2D eigenvalue weighted by molar-refractivity contribution is 0.0753. The molecule has 0 radical (unpaired) electrons. The molecule has 1 N–H and O–H groups in total. The summed E-state index contributed by atoms with van der Waals surface area (Å²) in [5, 5.41) is 8.39. The van der Waals surface area contributed by atoms with Crippen LogP contribution in [0.1, 0.15) is 24.2 Å². The fourth-order valence-corrected chi connectivity index (χ4v) is 4.23. The summed E-state index contributed by atoms with van der Waals surface area (Å²) in [7, 11) is 1.88. The first kappa shape index (κ1) is 15.9. The second-order valence-electron chi connectivity index (χ2n) is 6.08. The number of hydrogen-bond acceptors (Lipinski definition) is 4. The molecule has 1 aliphatic heterocycles. The van der Waals surface area contributed by atoms with E-state index in [1.165, 1.54) is 0 Å². The first-order chi connectivity index (χ1) is 11.0. The van der Waals surface area contributed by atoms with Crippen molar-refractivity contribution in [1.29, 1.82) is 0 Å². The fraction of sp³-hybridized carbons (Fsp3) is 0.412. The van der Waals surface area contributed by atoms with Crippen LogP contribution in [0.25, 0.3) is 0 Å². The summed E-state index contributed by atoms with van der Waals surface area (Å²) in [4.78, 5) is 14.7. The molecule has 2 heterocycles.